The van der Waals surface area contributed by atoms with Gasteiger partial charge in [-0.15, -0.1) is 0 Å². The van der Waals surface area contributed by atoms with E-state index in [2.05, 4.69) is 5.32 Å². The number of ether oxygens (including phenoxy) is 1. The molecule has 1 fully saturated rings. The van der Waals surface area contributed by atoms with E-state index in [0.717, 1.165) is 12.1 Å². The van der Waals surface area contributed by atoms with Gasteiger partial charge in [0.05, 0.1) is 12.8 Å². The summed E-state index contributed by atoms with van der Waals surface area (Å²) in [5.41, 5.74) is 1.79. The Hall–Kier alpha value is -2.53. The molecule has 0 saturated carbocycles. The summed E-state index contributed by atoms with van der Waals surface area (Å²) < 4.78 is 5.39. The molecule has 0 radical (unpaired) electrons. The van der Waals surface area contributed by atoms with Crippen LogP contribution < -0.4 is 15.0 Å². The second-order valence-electron chi connectivity index (χ2n) is 5.50. The smallest absolute Gasteiger partial charge is 0.255 e. The highest BCUT2D eigenvalue weighted by atomic mass is 35.5. The molecular formula is C18H17ClN2O3. The van der Waals surface area contributed by atoms with Crippen molar-refractivity contribution in [1.29, 1.82) is 0 Å². The number of halogens is 1. The van der Waals surface area contributed by atoms with Crippen LogP contribution in [0, 0.1) is 0 Å². The van der Waals surface area contributed by atoms with Crippen LogP contribution in [0.2, 0.25) is 5.02 Å². The number of hydrogen-bond donors (Lipinski definition) is 1. The van der Waals surface area contributed by atoms with E-state index in [1.165, 1.54) is 0 Å². The summed E-state index contributed by atoms with van der Waals surface area (Å²) in [5.74, 6) is 0.378. The SMILES string of the molecule is COc1cc(NC(=O)c2cccc(Cl)c2)ccc1N1CCCC1=O. The fraction of sp³-hybridized carbons (Fsp3) is 0.222. The van der Waals surface area contributed by atoms with E-state index < -0.39 is 0 Å². The van der Waals surface area contributed by atoms with Gasteiger partial charge in [-0.1, -0.05) is 17.7 Å². The van der Waals surface area contributed by atoms with Gasteiger partial charge in [0.15, 0.2) is 0 Å². The minimum Gasteiger partial charge on any atom is -0.494 e. The topological polar surface area (TPSA) is 58.6 Å². The first kappa shape index (κ1) is 16.3. The molecule has 1 heterocycles. The van der Waals surface area contributed by atoms with Gasteiger partial charge in [0.1, 0.15) is 5.75 Å². The Morgan fingerprint density at radius 3 is 2.75 bits per heavy atom. The summed E-state index contributed by atoms with van der Waals surface area (Å²) >= 11 is 5.91. The number of nitrogens with zero attached hydrogens (tertiary/aromatic N) is 1. The lowest BCUT2D eigenvalue weighted by Crippen LogP contribution is -2.24. The number of benzene rings is 2. The van der Waals surface area contributed by atoms with Crippen LogP contribution in [0.25, 0.3) is 0 Å². The van der Waals surface area contributed by atoms with E-state index >= 15 is 0 Å². The Bertz CT molecular complexity index is 792. The maximum Gasteiger partial charge on any atom is 0.255 e. The lowest BCUT2D eigenvalue weighted by molar-refractivity contribution is -0.117. The maximum atomic E-state index is 12.3. The zero-order chi connectivity index (χ0) is 17.1. The standard InChI is InChI=1S/C18H17ClN2O3/c1-24-16-11-14(7-8-15(16)21-9-3-6-17(21)22)20-18(23)12-4-2-5-13(19)10-12/h2,4-5,7-8,10-11H,3,6,9H2,1H3,(H,20,23). The Labute approximate surface area is 145 Å². The van der Waals surface area contributed by atoms with Gasteiger partial charge in [0.25, 0.3) is 5.91 Å². The quantitative estimate of drug-likeness (QED) is 0.919. The van der Waals surface area contributed by atoms with Gasteiger partial charge in [-0.05, 0) is 36.8 Å². The van der Waals surface area contributed by atoms with Gasteiger partial charge in [-0.3, -0.25) is 9.59 Å². The molecule has 0 atom stereocenters. The molecule has 24 heavy (non-hydrogen) atoms. The number of hydrogen-bond acceptors (Lipinski definition) is 3. The van der Waals surface area contributed by atoms with E-state index in [1.807, 2.05) is 0 Å². The molecule has 5 nitrogen and oxygen atoms in total. The van der Waals surface area contributed by atoms with Crippen molar-refractivity contribution < 1.29 is 14.3 Å². The molecule has 0 spiro atoms. The second-order valence-corrected chi connectivity index (χ2v) is 5.94. The van der Waals surface area contributed by atoms with E-state index in [9.17, 15) is 9.59 Å². The molecule has 0 unspecified atom stereocenters. The zero-order valence-electron chi connectivity index (χ0n) is 13.2. The van der Waals surface area contributed by atoms with E-state index in [0.29, 0.717) is 35.0 Å². The van der Waals surface area contributed by atoms with Gasteiger partial charge >= 0.3 is 0 Å². The van der Waals surface area contributed by atoms with Crippen molar-refractivity contribution in [2.75, 3.05) is 23.9 Å². The average Bonchev–Trinajstić information content (AvgIpc) is 3.00. The molecule has 0 bridgehead atoms. The summed E-state index contributed by atoms with van der Waals surface area (Å²) in [7, 11) is 1.54. The molecule has 2 aromatic carbocycles. The number of anilines is 2. The summed E-state index contributed by atoms with van der Waals surface area (Å²) in [6.07, 6.45) is 1.39. The van der Waals surface area contributed by atoms with Crippen LogP contribution >= 0.6 is 11.6 Å². The third kappa shape index (κ3) is 3.36. The van der Waals surface area contributed by atoms with Gasteiger partial charge in [-0.2, -0.15) is 0 Å². The normalized spacial score (nSPS) is 13.9. The molecule has 1 aliphatic rings. The minimum atomic E-state index is -0.260. The Kier molecular flexibility index (Phi) is 4.71. The molecule has 6 heteroatoms. The third-order valence-corrected chi connectivity index (χ3v) is 4.12. The highest BCUT2D eigenvalue weighted by Gasteiger charge is 2.24. The predicted octanol–water partition coefficient (Wildman–Crippen LogP) is 3.73. The number of methoxy groups -OCH3 is 1. The first-order valence-electron chi connectivity index (χ1n) is 7.64. The van der Waals surface area contributed by atoms with Gasteiger partial charge < -0.3 is 15.0 Å². The monoisotopic (exact) mass is 344 g/mol. The molecule has 2 amide bonds. The lowest BCUT2D eigenvalue weighted by atomic mass is 10.2. The van der Waals surface area contributed by atoms with Crippen molar-refractivity contribution >= 4 is 34.8 Å². The van der Waals surface area contributed by atoms with Crippen LogP contribution in [0.5, 0.6) is 5.75 Å². The first-order valence-corrected chi connectivity index (χ1v) is 8.01. The Morgan fingerprint density at radius 1 is 1.25 bits per heavy atom. The molecule has 1 N–H and O–H groups in total. The summed E-state index contributed by atoms with van der Waals surface area (Å²) in [5, 5.41) is 3.31. The molecular weight excluding hydrogens is 328 g/mol. The van der Waals surface area contributed by atoms with Crippen LogP contribution in [0.15, 0.2) is 42.5 Å². The highest BCUT2D eigenvalue weighted by Crippen LogP contribution is 2.34. The van der Waals surface area contributed by atoms with Crippen LogP contribution in [-0.2, 0) is 4.79 Å². The molecule has 0 aliphatic carbocycles. The second kappa shape index (κ2) is 6.93. The third-order valence-electron chi connectivity index (χ3n) is 3.89. The summed E-state index contributed by atoms with van der Waals surface area (Å²) in [4.78, 5) is 25.9. The predicted molar refractivity (Wildman–Crippen MR) is 94.0 cm³/mol. The van der Waals surface area contributed by atoms with Crippen molar-refractivity contribution in [2.24, 2.45) is 0 Å². The van der Waals surface area contributed by atoms with Crippen molar-refractivity contribution in [2.45, 2.75) is 12.8 Å². The van der Waals surface area contributed by atoms with Crippen molar-refractivity contribution in [3.63, 3.8) is 0 Å². The van der Waals surface area contributed by atoms with Crippen LogP contribution in [0.3, 0.4) is 0 Å². The molecule has 124 valence electrons. The minimum absolute atomic E-state index is 0.0870. The van der Waals surface area contributed by atoms with Crippen molar-refractivity contribution in [3.8, 4) is 5.75 Å². The number of carbonyl (C=O) groups excluding carboxylic acids is 2. The zero-order valence-corrected chi connectivity index (χ0v) is 14.0. The molecule has 1 saturated heterocycles. The van der Waals surface area contributed by atoms with Gasteiger partial charge in [0.2, 0.25) is 5.91 Å². The number of carbonyl (C=O) groups is 2. The molecule has 2 aromatic rings. The summed E-state index contributed by atoms with van der Waals surface area (Å²) in [6, 6.07) is 12.0. The molecule has 3 rings (SSSR count). The maximum absolute atomic E-state index is 12.3. The van der Waals surface area contributed by atoms with Gasteiger partial charge in [-0.25, -0.2) is 0 Å². The first-order chi connectivity index (χ1) is 11.6. The largest absolute Gasteiger partial charge is 0.494 e. The molecule has 1 aliphatic heterocycles. The Balaban J connectivity index is 1.82. The van der Waals surface area contributed by atoms with Crippen LogP contribution in [-0.4, -0.2) is 25.5 Å². The van der Waals surface area contributed by atoms with Crippen molar-refractivity contribution in [1.82, 2.24) is 0 Å². The lowest BCUT2D eigenvalue weighted by Gasteiger charge is -2.19. The number of nitrogens with one attached hydrogen (secondary N) is 1. The van der Waals surface area contributed by atoms with E-state index in [1.54, 1.807) is 54.5 Å². The van der Waals surface area contributed by atoms with Crippen molar-refractivity contribution in [3.05, 3.63) is 53.1 Å². The molecule has 0 aromatic heterocycles. The Morgan fingerprint density at radius 2 is 2.08 bits per heavy atom. The number of rotatable bonds is 4. The fourth-order valence-electron chi connectivity index (χ4n) is 2.71. The summed E-state index contributed by atoms with van der Waals surface area (Å²) in [6.45, 7) is 0.684. The number of amides is 2. The van der Waals surface area contributed by atoms with Crippen LogP contribution in [0.1, 0.15) is 23.2 Å². The fourth-order valence-corrected chi connectivity index (χ4v) is 2.90. The van der Waals surface area contributed by atoms with Gasteiger partial charge in [0, 0.05) is 35.3 Å². The highest BCUT2D eigenvalue weighted by molar-refractivity contribution is 6.31. The van der Waals surface area contributed by atoms with Crippen LogP contribution in [0.4, 0.5) is 11.4 Å². The van der Waals surface area contributed by atoms with E-state index in [-0.39, 0.29) is 11.8 Å². The van der Waals surface area contributed by atoms with E-state index in [4.69, 9.17) is 16.3 Å². The average molecular weight is 345 g/mol.